The third-order valence-corrected chi connectivity index (χ3v) is 4.52. The normalized spacial score (nSPS) is 10.9. The van der Waals surface area contributed by atoms with Gasteiger partial charge in [0.05, 0.1) is 26.5 Å². The average molecular weight is 432 g/mol. The summed E-state index contributed by atoms with van der Waals surface area (Å²) in [5.74, 6) is 0.464. The molecule has 2 amide bonds. The minimum Gasteiger partial charge on any atom is -0.497 e. The molecule has 0 fully saturated rings. The lowest BCUT2D eigenvalue weighted by molar-refractivity contribution is 0.0931. The number of benzene rings is 3. The second-order valence-electron chi connectivity index (χ2n) is 6.64. The van der Waals surface area contributed by atoms with Gasteiger partial charge in [-0.15, -0.1) is 0 Å². The Balaban J connectivity index is 1.68. The minimum atomic E-state index is -0.377. The van der Waals surface area contributed by atoms with Crippen LogP contribution in [0.2, 0.25) is 0 Å². The fraction of sp³-hybridized carbons (Fsp3) is 0.125. The molecule has 164 valence electrons. The maximum Gasteiger partial charge on any atom is 0.271 e. The molecule has 0 spiro atoms. The minimum absolute atomic E-state index is 0.179. The molecule has 0 bridgehead atoms. The number of nitrogens with one attached hydrogen (secondary N) is 3. The molecule has 0 saturated carbocycles. The Kier molecular flexibility index (Phi) is 7.94. The lowest BCUT2D eigenvalue weighted by atomic mass is 10.1. The molecule has 0 heterocycles. The van der Waals surface area contributed by atoms with Crippen LogP contribution in [0.4, 0.5) is 0 Å². The number of rotatable bonds is 9. The van der Waals surface area contributed by atoms with Gasteiger partial charge in [0.25, 0.3) is 11.8 Å². The lowest BCUT2D eigenvalue weighted by Crippen LogP contribution is -2.41. The molecular formula is C24H24N4O4. The van der Waals surface area contributed by atoms with E-state index < -0.39 is 0 Å². The molecule has 0 saturated heterocycles. The van der Waals surface area contributed by atoms with E-state index in [-0.39, 0.29) is 18.4 Å². The van der Waals surface area contributed by atoms with Crippen LogP contribution in [0.15, 0.2) is 84.0 Å². The van der Waals surface area contributed by atoms with Crippen LogP contribution < -0.4 is 25.8 Å². The predicted molar refractivity (Wildman–Crippen MR) is 122 cm³/mol. The van der Waals surface area contributed by atoms with Crippen molar-refractivity contribution in [2.45, 2.75) is 0 Å². The van der Waals surface area contributed by atoms with E-state index in [9.17, 15) is 9.59 Å². The lowest BCUT2D eigenvalue weighted by Gasteiger charge is -2.11. The van der Waals surface area contributed by atoms with Gasteiger partial charge in [-0.25, -0.2) is 10.9 Å². The number of hydrogen-bond acceptors (Lipinski definition) is 6. The van der Waals surface area contributed by atoms with E-state index in [1.54, 1.807) is 48.5 Å². The monoisotopic (exact) mass is 432 g/mol. The molecule has 0 aromatic heterocycles. The van der Waals surface area contributed by atoms with Gasteiger partial charge >= 0.3 is 0 Å². The van der Waals surface area contributed by atoms with Gasteiger partial charge in [-0.2, -0.15) is 5.10 Å². The number of carbonyl (C=O) groups excluding carboxylic acids is 2. The molecule has 32 heavy (non-hydrogen) atoms. The van der Waals surface area contributed by atoms with Crippen LogP contribution in [-0.2, 0) is 0 Å². The summed E-state index contributed by atoms with van der Waals surface area (Å²) in [7, 11) is 3.08. The van der Waals surface area contributed by atoms with Crippen molar-refractivity contribution in [2.75, 3.05) is 20.8 Å². The highest BCUT2D eigenvalue weighted by atomic mass is 16.5. The Bertz CT molecular complexity index is 1100. The molecule has 0 atom stereocenters. The van der Waals surface area contributed by atoms with E-state index in [4.69, 9.17) is 9.47 Å². The fourth-order valence-corrected chi connectivity index (χ4v) is 2.83. The van der Waals surface area contributed by atoms with Crippen molar-refractivity contribution in [3.05, 3.63) is 95.6 Å². The highest BCUT2D eigenvalue weighted by Crippen LogP contribution is 2.13. The van der Waals surface area contributed by atoms with Crippen molar-refractivity contribution < 1.29 is 19.1 Å². The van der Waals surface area contributed by atoms with E-state index >= 15 is 0 Å². The first kappa shape index (κ1) is 22.5. The van der Waals surface area contributed by atoms with E-state index in [1.807, 2.05) is 30.3 Å². The van der Waals surface area contributed by atoms with Crippen LogP contribution in [-0.4, -0.2) is 38.3 Å². The molecule has 0 aliphatic heterocycles. The Labute approximate surface area is 186 Å². The second kappa shape index (κ2) is 11.3. The fourth-order valence-electron chi connectivity index (χ4n) is 2.83. The molecule has 3 aromatic carbocycles. The molecule has 0 unspecified atom stereocenters. The van der Waals surface area contributed by atoms with Gasteiger partial charge < -0.3 is 9.47 Å². The van der Waals surface area contributed by atoms with Gasteiger partial charge in [0.1, 0.15) is 11.5 Å². The Morgan fingerprint density at radius 1 is 0.750 bits per heavy atom. The van der Waals surface area contributed by atoms with Gasteiger partial charge in [0, 0.05) is 11.1 Å². The standard InChI is InChI=1S/C24H24N4O4/c1-31-20-12-6-10-18(14-20)23(29)27-25-16-22(17-8-4-3-5-9-17)26-28-24(30)19-11-7-13-21(15-19)32-2/h3-15,25H,16H2,1-2H3,(H,27,29)(H,28,30). The van der Waals surface area contributed by atoms with Crippen molar-refractivity contribution >= 4 is 17.5 Å². The molecular weight excluding hydrogens is 408 g/mol. The summed E-state index contributed by atoms with van der Waals surface area (Å²) in [6.07, 6.45) is 0. The summed E-state index contributed by atoms with van der Waals surface area (Å²) in [5.41, 5.74) is 10.2. The zero-order chi connectivity index (χ0) is 22.8. The Morgan fingerprint density at radius 2 is 1.31 bits per heavy atom. The van der Waals surface area contributed by atoms with E-state index in [2.05, 4.69) is 21.4 Å². The van der Waals surface area contributed by atoms with Crippen LogP contribution in [0.1, 0.15) is 26.3 Å². The summed E-state index contributed by atoms with van der Waals surface area (Å²) in [6.45, 7) is 0.179. The van der Waals surface area contributed by atoms with Gasteiger partial charge in [0.15, 0.2) is 0 Å². The molecule has 3 aromatic rings. The predicted octanol–water partition coefficient (Wildman–Crippen LogP) is 2.77. The van der Waals surface area contributed by atoms with Crippen molar-refractivity contribution in [3.8, 4) is 11.5 Å². The molecule has 0 aliphatic rings. The van der Waals surface area contributed by atoms with Crippen LogP contribution in [0, 0.1) is 0 Å². The summed E-state index contributed by atoms with van der Waals surface area (Å²) >= 11 is 0. The average Bonchev–Trinajstić information content (AvgIpc) is 2.86. The van der Waals surface area contributed by atoms with Gasteiger partial charge in [-0.1, -0.05) is 42.5 Å². The highest BCUT2D eigenvalue weighted by molar-refractivity contribution is 6.04. The number of methoxy groups -OCH3 is 2. The van der Waals surface area contributed by atoms with Crippen LogP contribution in [0.25, 0.3) is 0 Å². The first-order valence-corrected chi connectivity index (χ1v) is 9.84. The van der Waals surface area contributed by atoms with Gasteiger partial charge in [-0.05, 0) is 42.0 Å². The summed E-state index contributed by atoms with van der Waals surface area (Å²) in [6, 6.07) is 22.9. The third-order valence-electron chi connectivity index (χ3n) is 4.52. The van der Waals surface area contributed by atoms with Crippen LogP contribution in [0.5, 0.6) is 11.5 Å². The molecule has 0 aliphatic carbocycles. The maximum absolute atomic E-state index is 12.5. The molecule has 3 N–H and O–H groups in total. The quantitative estimate of drug-likeness (QED) is 0.357. The molecule has 8 heteroatoms. The van der Waals surface area contributed by atoms with Crippen molar-refractivity contribution in [1.82, 2.24) is 16.3 Å². The summed E-state index contributed by atoms with van der Waals surface area (Å²) < 4.78 is 10.3. The second-order valence-corrected chi connectivity index (χ2v) is 6.64. The largest absolute Gasteiger partial charge is 0.497 e. The highest BCUT2D eigenvalue weighted by Gasteiger charge is 2.10. The smallest absolute Gasteiger partial charge is 0.271 e. The number of amides is 2. The van der Waals surface area contributed by atoms with Crippen LogP contribution >= 0.6 is 0 Å². The Morgan fingerprint density at radius 3 is 1.91 bits per heavy atom. The number of hydrogen-bond donors (Lipinski definition) is 3. The van der Waals surface area contributed by atoms with Crippen molar-refractivity contribution in [1.29, 1.82) is 0 Å². The first-order valence-electron chi connectivity index (χ1n) is 9.84. The maximum atomic E-state index is 12.5. The first-order chi connectivity index (χ1) is 15.6. The van der Waals surface area contributed by atoms with E-state index in [1.165, 1.54) is 14.2 Å². The number of carbonyl (C=O) groups is 2. The molecule has 8 nitrogen and oxygen atoms in total. The molecule has 0 radical (unpaired) electrons. The summed E-state index contributed by atoms with van der Waals surface area (Å²) in [5, 5.41) is 4.27. The number of ether oxygens (including phenoxy) is 2. The van der Waals surface area contributed by atoms with Gasteiger partial charge in [-0.3, -0.25) is 15.0 Å². The number of hydrazone groups is 1. The Hall–Kier alpha value is -4.17. The van der Waals surface area contributed by atoms with Crippen LogP contribution in [0.3, 0.4) is 0 Å². The third kappa shape index (κ3) is 6.16. The van der Waals surface area contributed by atoms with Gasteiger partial charge in [0.2, 0.25) is 0 Å². The topological polar surface area (TPSA) is 101 Å². The zero-order valence-corrected chi connectivity index (χ0v) is 17.8. The van der Waals surface area contributed by atoms with Crippen molar-refractivity contribution in [2.24, 2.45) is 5.10 Å². The van der Waals surface area contributed by atoms with Crippen molar-refractivity contribution in [3.63, 3.8) is 0 Å². The number of hydrazine groups is 1. The number of nitrogens with zero attached hydrogens (tertiary/aromatic N) is 1. The summed E-state index contributed by atoms with van der Waals surface area (Å²) in [4.78, 5) is 24.9. The van der Waals surface area contributed by atoms with E-state index in [0.717, 1.165) is 5.56 Å². The molecule has 3 rings (SSSR count). The van der Waals surface area contributed by atoms with E-state index in [0.29, 0.717) is 28.3 Å². The zero-order valence-electron chi connectivity index (χ0n) is 17.8. The SMILES string of the molecule is COc1cccc(C(=O)NN=C(CNNC(=O)c2cccc(OC)c2)c2ccccc2)c1.